The minimum atomic E-state index is -0.471. The third-order valence-electron chi connectivity index (χ3n) is 1.72. The Morgan fingerprint density at radius 1 is 1.19 bits per heavy atom. The Labute approximate surface area is 101 Å². The highest BCUT2D eigenvalue weighted by molar-refractivity contribution is 7.99. The molecule has 0 saturated carbocycles. The van der Waals surface area contributed by atoms with Gasteiger partial charge in [-0.3, -0.25) is 0 Å². The zero-order chi connectivity index (χ0) is 11.5. The van der Waals surface area contributed by atoms with Crippen molar-refractivity contribution in [1.29, 1.82) is 0 Å². The Morgan fingerprint density at radius 3 is 2.50 bits per heavy atom. The summed E-state index contributed by atoms with van der Waals surface area (Å²) in [7, 11) is 0. The molecule has 0 atom stereocenters. The molecule has 2 heterocycles. The molecule has 0 aliphatic carbocycles. The maximum absolute atomic E-state index is 13.4. The SMILES string of the molecule is Cc1cnc(Sc2ncc(Cl)cc2F)nc1. The van der Waals surface area contributed by atoms with Crippen molar-refractivity contribution in [3.8, 4) is 0 Å². The molecule has 0 spiro atoms. The van der Waals surface area contributed by atoms with E-state index in [1.165, 1.54) is 12.3 Å². The van der Waals surface area contributed by atoms with Crippen LogP contribution in [0, 0.1) is 12.7 Å². The predicted octanol–water partition coefficient (Wildman–Crippen LogP) is 3.12. The molecule has 0 amide bonds. The zero-order valence-corrected chi connectivity index (χ0v) is 9.89. The number of nitrogens with zero attached hydrogens (tertiary/aromatic N) is 3. The number of halogens is 2. The van der Waals surface area contributed by atoms with E-state index in [0.29, 0.717) is 5.16 Å². The molecule has 0 unspecified atom stereocenters. The second-order valence-corrected chi connectivity index (χ2v) is 4.48. The summed E-state index contributed by atoms with van der Waals surface area (Å²) in [5, 5.41) is 0.944. The van der Waals surface area contributed by atoms with Gasteiger partial charge in [-0.2, -0.15) is 0 Å². The maximum Gasteiger partial charge on any atom is 0.193 e. The molecule has 0 radical (unpaired) electrons. The number of hydrogen-bond donors (Lipinski definition) is 0. The molecular formula is C10H7ClFN3S. The molecule has 16 heavy (non-hydrogen) atoms. The third kappa shape index (κ3) is 2.68. The molecule has 82 valence electrons. The van der Waals surface area contributed by atoms with Crippen molar-refractivity contribution < 1.29 is 4.39 Å². The first kappa shape index (κ1) is 11.3. The van der Waals surface area contributed by atoms with Crippen LogP contribution in [0.25, 0.3) is 0 Å². The van der Waals surface area contributed by atoms with Crippen molar-refractivity contribution in [1.82, 2.24) is 15.0 Å². The summed E-state index contributed by atoms with van der Waals surface area (Å²) < 4.78 is 13.4. The summed E-state index contributed by atoms with van der Waals surface area (Å²) in [5.74, 6) is -0.471. The van der Waals surface area contributed by atoms with Gasteiger partial charge < -0.3 is 0 Å². The lowest BCUT2D eigenvalue weighted by molar-refractivity contribution is 0.587. The quantitative estimate of drug-likeness (QED) is 0.773. The van der Waals surface area contributed by atoms with E-state index in [1.807, 2.05) is 6.92 Å². The van der Waals surface area contributed by atoms with Gasteiger partial charge in [0.25, 0.3) is 0 Å². The van der Waals surface area contributed by atoms with Gasteiger partial charge in [0.05, 0.1) is 5.02 Å². The standard InChI is InChI=1S/C10H7ClFN3S/c1-6-3-14-10(15-4-6)16-9-8(12)2-7(11)5-13-9/h2-5H,1H3. The van der Waals surface area contributed by atoms with E-state index in [0.717, 1.165) is 17.3 Å². The van der Waals surface area contributed by atoms with Gasteiger partial charge in [-0.25, -0.2) is 19.3 Å². The second kappa shape index (κ2) is 4.76. The van der Waals surface area contributed by atoms with Crippen LogP contribution in [0.2, 0.25) is 5.02 Å². The van der Waals surface area contributed by atoms with Gasteiger partial charge in [0.15, 0.2) is 11.0 Å². The normalized spacial score (nSPS) is 10.4. The Balaban J connectivity index is 2.23. The second-order valence-electron chi connectivity index (χ2n) is 3.09. The van der Waals surface area contributed by atoms with Crippen molar-refractivity contribution in [2.45, 2.75) is 17.1 Å². The van der Waals surface area contributed by atoms with Crippen LogP contribution >= 0.6 is 23.4 Å². The number of aryl methyl sites for hydroxylation is 1. The summed E-state index contributed by atoms with van der Waals surface area (Å²) in [6.07, 6.45) is 4.73. The molecule has 0 aliphatic rings. The highest BCUT2D eigenvalue weighted by atomic mass is 35.5. The Bertz CT molecular complexity index is 504. The van der Waals surface area contributed by atoms with Crippen LogP contribution in [0.4, 0.5) is 4.39 Å². The predicted molar refractivity (Wildman–Crippen MR) is 60.1 cm³/mol. The largest absolute Gasteiger partial charge is 0.245 e. The first-order chi connectivity index (χ1) is 7.65. The summed E-state index contributed by atoms with van der Waals surface area (Å²) >= 11 is 6.66. The number of pyridine rings is 1. The average molecular weight is 256 g/mol. The smallest absolute Gasteiger partial charge is 0.193 e. The van der Waals surface area contributed by atoms with Gasteiger partial charge in [-0.1, -0.05) is 11.6 Å². The van der Waals surface area contributed by atoms with Gasteiger partial charge >= 0.3 is 0 Å². The zero-order valence-electron chi connectivity index (χ0n) is 8.32. The average Bonchev–Trinajstić information content (AvgIpc) is 2.25. The van der Waals surface area contributed by atoms with Crippen LogP contribution < -0.4 is 0 Å². The van der Waals surface area contributed by atoms with Gasteiger partial charge in [0.1, 0.15) is 5.03 Å². The van der Waals surface area contributed by atoms with Crippen molar-refractivity contribution in [2.24, 2.45) is 0 Å². The summed E-state index contributed by atoms with van der Waals surface area (Å²) in [5.41, 5.74) is 0.953. The van der Waals surface area contributed by atoms with E-state index >= 15 is 0 Å². The van der Waals surface area contributed by atoms with Gasteiger partial charge in [-0.05, 0) is 30.3 Å². The maximum atomic E-state index is 13.4. The fourth-order valence-electron chi connectivity index (χ4n) is 0.997. The number of aromatic nitrogens is 3. The van der Waals surface area contributed by atoms with Gasteiger partial charge in [0.2, 0.25) is 0 Å². The Morgan fingerprint density at radius 2 is 1.88 bits per heavy atom. The summed E-state index contributed by atoms with van der Waals surface area (Å²) in [4.78, 5) is 12.0. The fourth-order valence-corrected chi connectivity index (χ4v) is 1.79. The lowest BCUT2D eigenvalue weighted by Gasteiger charge is -2.01. The van der Waals surface area contributed by atoms with Gasteiger partial charge in [-0.15, -0.1) is 0 Å². The van der Waals surface area contributed by atoms with Crippen LogP contribution in [0.1, 0.15) is 5.56 Å². The van der Waals surface area contributed by atoms with Crippen molar-refractivity contribution in [3.63, 3.8) is 0 Å². The summed E-state index contributed by atoms with van der Waals surface area (Å²) in [6, 6.07) is 1.21. The number of hydrogen-bond acceptors (Lipinski definition) is 4. The lowest BCUT2D eigenvalue weighted by Crippen LogP contribution is -1.90. The van der Waals surface area contributed by atoms with Crippen LogP contribution in [-0.2, 0) is 0 Å². The molecule has 0 N–H and O–H groups in total. The van der Waals surface area contributed by atoms with Crippen LogP contribution in [-0.4, -0.2) is 15.0 Å². The molecule has 0 fully saturated rings. The van der Waals surface area contributed by atoms with E-state index < -0.39 is 5.82 Å². The topological polar surface area (TPSA) is 38.7 Å². The Kier molecular flexibility index (Phi) is 3.36. The van der Waals surface area contributed by atoms with Crippen LogP contribution in [0.5, 0.6) is 0 Å². The molecular weight excluding hydrogens is 249 g/mol. The molecule has 0 bridgehead atoms. The minimum Gasteiger partial charge on any atom is -0.245 e. The molecule has 3 nitrogen and oxygen atoms in total. The monoisotopic (exact) mass is 255 g/mol. The molecule has 2 aromatic heterocycles. The van der Waals surface area contributed by atoms with Crippen molar-refractivity contribution >= 4 is 23.4 Å². The highest BCUT2D eigenvalue weighted by Crippen LogP contribution is 2.26. The fraction of sp³-hybridized carbons (Fsp3) is 0.100. The third-order valence-corrected chi connectivity index (χ3v) is 2.81. The van der Waals surface area contributed by atoms with Crippen LogP contribution in [0.3, 0.4) is 0 Å². The van der Waals surface area contributed by atoms with E-state index in [4.69, 9.17) is 11.6 Å². The molecule has 2 rings (SSSR count). The first-order valence-corrected chi connectivity index (χ1v) is 5.62. The molecule has 0 aliphatic heterocycles. The van der Waals surface area contributed by atoms with E-state index in [9.17, 15) is 4.39 Å². The van der Waals surface area contributed by atoms with Crippen LogP contribution in [0.15, 0.2) is 34.8 Å². The van der Waals surface area contributed by atoms with Gasteiger partial charge in [0, 0.05) is 18.6 Å². The van der Waals surface area contributed by atoms with Crippen molar-refractivity contribution in [3.05, 3.63) is 41.1 Å². The van der Waals surface area contributed by atoms with E-state index in [1.54, 1.807) is 12.4 Å². The van der Waals surface area contributed by atoms with Crippen molar-refractivity contribution in [2.75, 3.05) is 0 Å². The Hall–Kier alpha value is -1.20. The molecule has 6 heteroatoms. The first-order valence-electron chi connectivity index (χ1n) is 4.43. The molecule has 0 aromatic carbocycles. The highest BCUT2D eigenvalue weighted by Gasteiger charge is 2.08. The van der Waals surface area contributed by atoms with E-state index in [-0.39, 0.29) is 10.0 Å². The lowest BCUT2D eigenvalue weighted by atomic mass is 10.4. The minimum absolute atomic E-state index is 0.216. The number of rotatable bonds is 2. The summed E-state index contributed by atoms with van der Waals surface area (Å²) in [6.45, 7) is 1.88. The molecule has 0 saturated heterocycles. The van der Waals surface area contributed by atoms with E-state index in [2.05, 4.69) is 15.0 Å². The molecule has 2 aromatic rings.